The Labute approximate surface area is 93.2 Å². The highest BCUT2D eigenvalue weighted by Gasteiger charge is 2.60. The van der Waals surface area contributed by atoms with Gasteiger partial charge < -0.3 is 10.0 Å². The van der Waals surface area contributed by atoms with Gasteiger partial charge in [-0.05, 0) is 12.3 Å². The van der Waals surface area contributed by atoms with Gasteiger partial charge >= 0.3 is 18.1 Å². The smallest absolute Gasteiger partial charge is 0.471 e. The summed E-state index contributed by atoms with van der Waals surface area (Å²) in [4.78, 5) is 33.4. The van der Waals surface area contributed by atoms with E-state index < -0.39 is 41.8 Å². The fourth-order valence-electron chi connectivity index (χ4n) is 2.56. The van der Waals surface area contributed by atoms with E-state index in [0.717, 1.165) is 0 Å². The number of rotatable bonds is 1. The van der Waals surface area contributed by atoms with Gasteiger partial charge in [-0.15, -0.1) is 0 Å². The highest BCUT2D eigenvalue weighted by molar-refractivity contribution is 5.98. The molecule has 0 radical (unpaired) electrons. The lowest BCUT2D eigenvalue weighted by Gasteiger charge is -2.32. The largest absolute Gasteiger partial charge is 0.480 e. The standard InChI is InChI=1S/C9H8F3NO4/c10-9(11,12)8(17)13-4-1-3(2-5(4)14)6(13)7(15)16/h3-4,6H,1-2H2,(H,15,16)/t3-,4+,6+/m1/s1. The summed E-state index contributed by atoms with van der Waals surface area (Å²) in [6.45, 7) is 0. The number of Topliss-reactive ketones (excluding diaryl/α,β-unsaturated/α-hetero) is 1. The van der Waals surface area contributed by atoms with Crippen molar-refractivity contribution in [3.8, 4) is 0 Å². The molecule has 2 rings (SSSR count). The van der Waals surface area contributed by atoms with E-state index in [9.17, 15) is 27.6 Å². The molecule has 2 bridgehead atoms. The van der Waals surface area contributed by atoms with Crippen molar-refractivity contribution in [2.45, 2.75) is 31.1 Å². The predicted molar refractivity (Wildman–Crippen MR) is 45.8 cm³/mol. The maximum absolute atomic E-state index is 12.3. The second kappa shape index (κ2) is 3.44. The first-order chi connectivity index (χ1) is 7.73. The van der Waals surface area contributed by atoms with Gasteiger partial charge in [0.15, 0.2) is 5.78 Å². The van der Waals surface area contributed by atoms with Crippen molar-refractivity contribution >= 4 is 17.7 Å². The van der Waals surface area contributed by atoms with E-state index in [1.54, 1.807) is 0 Å². The molecule has 0 aromatic rings. The number of halogens is 3. The first-order valence-electron chi connectivity index (χ1n) is 4.88. The zero-order valence-electron chi connectivity index (χ0n) is 8.40. The van der Waals surface area contributed by atoms with E-state index in [0.29, 0.717) is 0 Å². The van der Waals surface area contributed by atoms with Crippen LogP contribution in [-0.4, -0.2) is 45.9 Å². The first kappa shape index (κ1) is 11.9. The molecule has 5 nitrogen and oxygen atoms in total. The van der Waals surface area contributed by atoms with Crippen molar-refractivity contribution in [1.29, 1.82) is 0 Å². The van der Waals surface area contributed by atoms with Crippen LogP contribution in [-0.2, 0) is 14.4 Å². The van der Waals surface area contributed by atoms with Crippen LogP contribution in [0.25, 0.3) is 0 Å². The Morgan fingerprint density at radius 1 is 1.35 bits per heavy atom. The number of aliphatic carboxylic acids is 1. The zero-order chi connectivity index (χ0) is 13.0. The van der Waals surface area contributed by atoms with Crippen LogP contribution in [0.15, 0.2) is 0 Å². The number of nitrogens with zero attached hydrogens (tertiary/aromatic N) is 1. The van der Waals surface area contributed by atoms with Crippen LogP contribution in [0.4, 0.5) is 13.2 Å². The van der Waals surface area contributed by atoms with Gasteiger partial charge in [0.05, 0.1) is 6.04 Å². The minimum Gasteiger partial charge on any atom is -0.480 e. The van der Waals surface area contributed by atoms with Gasteiger partial charge in [-0.25, -0.2) is 4.79 Å². The molecule has 1 N–H and O–H groups in total. The third-order valence-corrected chi connectivity index (χ3v) is 3.17. The molecule has 1 aliphatic carbocycles. The molecule has 8 heteroatoms. The van der Waals surface area contributed by atoms with E-state index >= 15 is 0 Å². The van der Waals surface area contributed by atoms with E-state index in [-0.39, 0.29) is 17.7 Å². The van der Waals surface area contributed by atoms with Crippen LogP contribution in [0.1, 0.15) is 12.8 Å². The molecular weight excluding hydrogens is 243 g/mol. The van der Waals surface area contributed by atoms with Crippen LogP contribution >= 0.6 is 0 Å². The summed E-state index contributed by atoms with van der Waals surface area (Å²) in [5, 5.41) is 8.83. The van der Waals surface area contributed by atoms with Crippen LogP contribution in [0.3, 0.4) is 0 Å². The lowest BCUT2D eigenvalue weighted by Crippen LogP contribution is -2.56. The van der Waals surface area contributed by atoms with E-state index in [4.69, 9.17) is 5.11 Å². The van der Waals surface area contributed by atoms with Crippen molar-refractivity contribution < 1.29 is 32.7 Å². The summed E-state index contributed by atoms with van der Waals surface area (Å²) in [5.74, 6) is -4.94. The van der Waals surface area contributed by atoms with Crippen LogP contribution in [0.2, 0.25) is 0 Å². The summed E-state index contributed by atoms with van der Waals surface area (Å²) in [6.07, 6.45) is -5.21. The zero-order valence-corrected chi connectivity index (χ0v) is 8.40. The summed E-state index contributed by atoms with van der Waals surface area (Å²) >= 11 is 0. The van der Waals surface area contributed by atoms with Gasteiger partial charge in [0.2, 0.25) is 0 Å². The fraction of sp³-hybridized carbons (Fsp3) is 0.667. The fourth-order valence-corrected chi connectivity index (χ4v) is 2.56. The average molecular weight is 251 g/mol. The maximum Gasteiger partial charge on any atom is 0.471 e. The first-order valence-corrected chi connectivity index (χ1v) is 4.88. The third kappa shape index (κ3) is 1.67. The second-order valence-corrected chi connectivity index (χ2v) is 4.18. The maximum atomic E-state index is 12.3. The molecule has 1 aliphatic heterocycles. The number of amides is 1. The molecular formula is C9H8F3NO4. The van der Waals surface area contributed by atoms with Gasteiger partial charge in [0.25, 0.3) is 0 Å². The number of carboxylic acid groups (broad SMARTS) is 1. The molecule has 1 saturated heterocycles. The molecule has 0 aromatic carbocycles. The van der Waals surface area contributed by atoms with Crippen LogP contribution in [0.5, 0.6) is 0 Å². The Hall–Kier alpha value is -1.60. The van der Waals surface area contributed by atoms with Crippen molar-refractivity contribution in [2.24, 2.45) is 5.92 Å². The number of alkyl halides is 3. The quantitative estimate of drug-likeness (QED) is 0.722. The minimum atomic E-state index is -5.15. The number of piperidine rings is 1. The number of fused-ring (bicyclic) bond motifs is 2. The molecule has 2 aliphatic rings. The Kier molecular flexibility index (Phi) is 2.41. The molecule has 1 amide bonds. The van der Waals surface area contributed by atoms with Crippen molar-refractivity contribution in [3.05, 3.63) is 0 Å². The number of carbonyl (C=O) groups excluding carboxylic acids is 2. The summed E-state index contributed by atoms with van der Waals surface area (Å²) in [7, 11) is 0. The van der Waals surface area contributed by atoms with Crippen LogP contribution < -0.4 is 0 Å². The lowest BCUT2D eigenvalue weighted by molar-refractivity contribution is -0.192. The third-order valence-electron chi connectivity index (χ3n) is 3.17. The Morgan fingerprint density at radius 2 is 1.94 bits per heavy atom. The molecule has 0 aromatic heterocycles. The highest BCUT2D eigenvalue weighted by Crippen LogP contribution is 2.42. The molecule has 0 spiro atoms. The van der Waals surface area contributed by atoms with Gasteiger partial charge in [-0.2, -0.15) is 13.2 Å². The Morgan fingerprint density at radius 3 is 2.41 bits per heavy atom. The van der Waals surface area contributed by atoms with Gasteiger partial charge in [-0.3, -0.25) is 9.59 Å². The van der Waals surface area contributed by atoms with Gasteiger partial charge in [0.1, 0.15) is 6.04 Å². The SMILES string of the molecule is O=C(O)[C@@H]1[C@H]2CC(=O)[C@H](C2)N1C(=O)C(F)(F)F. The minimum absolute atomic E-state index is 0.0115. The topological polar surface area (TPSA) is 74.7 Å². The molecule has 94 valence electrons. The Bertz CT molecular complexity index is 406. The number of likely N-dealkylation sites (tertiary alicyclic amines) is 1. The molecule has 1 heterocycles. The summed E-state index contributed by atoms with van der Waals surface area (Å²) in [6, 6.07) is -2.76. The van der Waals surface area contributed by atoms with E-state index in [1.807, 2.05) is 0 Å². The summed E-state index contributed by atoms with van der Waals surface area (Å²) < 4.78 is 36.9. The van der Waals surface area contributed by atoms with Crippen LogP contribution in [0, 0.1) is 5.92 Å². The molecule has 2 fully saturated rings. The number of carbonyl (C=O) groups is 3. The second-order valence-electron chi connectivity index (χ2n) is 4.18. The number of ketones is 1. The van der Waals surface area contributed by atoms with Crippen molar-refractivity contribution in [2.75, 3.05) is 0 Å². The summed E-state index contributed by atoms with van der Waals surface area (Å²) in [5.41, 5.74) is 0. The van der Waals surface area contributed by atoms with Crippen molar-refractivity contribution in [1.82, 2.24) is 4.90 Å². The number of hydrogen-bond donors (Lipinski definition) is 1. The van der Waals surface area contributed by atoms with E-state index in [1.165, 1.54) is 0 Å². The number of hydrogen-bond acceptors (Lipinski definition) is 3. The van der Waals surface area contributed by atoms with Gasteiger partial charge in [0, 0.05) is 6.42 Å². The van der Waals surface area contributed by atoms with Gasteiger partial charge in [-0.1, -0.05) is 0 Å². The average Bonchev–Trinajstić information content (AvgIpc) is 2.70. The number of carboxylic acids is 1. The van der Waals surface area contributed by atoms with Crippen molar-refractivity contribution in [3.63, 3.8) is 0 Å². The highest BCUT2D eigenvalue weighted by atomic mass is 19.4. The molecule has 0 unspecified atom stereocenters. The monoisotopic (exact) mass is 251 g/mol. The Balaban J connectivity index is 2.33. The molecule has 17 heavy (non-hydrogen) atoms. The lowest BCUT2D eigenvalue weighted by atomic mass is 9.98. The molecule has 3 atom stereocenters. The normalized spacial score (nSPS) is 32.1. The molecule has 1 saturated carbocycles. The van der Waals surface area contributed by atoms with E-state index in [2.05, 4.69) is 0 Å². The predicted octanol–water partition coefficient (Wildman–Crippen LogP) is 0.192.